The number of aryl methyl sites for hydroxylation is 1. The van der Waals surface area contributed by atoms with Crippen LogP contribution in [-0.4, -0.2) is 47.8 Å². The van der Waals surface area contributed by atoms with Crippen molar-refractivity contribution in [3.8, 4) is 11.5 Å². The van der Waals surface area contributed by atoms with E-state index in [-0.39, 0.29) is 11.8 Å². The molecule has 30 heavy (non-hydrogen) atoms. The fourth-order valence-electron chi connectivity index (χ4n) is 3.98. The third-order valence-corrected chi connectivity index (χ3v) is 5.60. The highest BCUT2D eigenvalue weighted by atomic mass is 16.5. The average molecular weight is 409 g/mol. The van der Waals surface area contributed by atoms with Gasteiger partial charge in [0, 0.05) is 25.3 Å². The van der Waals surface area contributed by atoms with E-state index in [2.05, 4.69) is 20.4 Å². The number of nitrogens with zero attached hydrogens (tertiary/aromatic N) is 4. The minimum Gasteiger partial charge on any atom is -0.493 e. The summed E-state index contributed by atoms with van der Waals surface area (Å²) in [4.78, 5) is 15.0. The lowest BCUT2D eigenvalue weighted by atomic mass is 9.97. The summed E-state index contributed by atoms with van der Waals surface area (Å²) in [6.07, 6.45) is 1.80. The first-order valence-electron chi connectivity index (χ1n) is 10.1. The number of rotatable bonds is 6. The number of ether oxygens (including phenoxy) is 2. The van der Waals surface area contributed by atoms with Crippen LogP contribution in [0.5, 0.6) is 11.5 Å². The van der Waals surface area contributed by atoms with Gasteiger partial charge in [0.25, 0.3) is 0 Å². The number of pyridine rings is 1. The zero-order chi connectivity index (χ0) is 21.1. The van der Waals surface area contributed by atoms with E-state index in [1.54, 1.807) is 14.2 Å². The van der Waals surface area contributed by atoms with E-state index >= 15 is 0 Å². The maximum absolute atomic E-state index is 12.9. The van der Waals surface area contributed by atoms with Crippen molar-refractivity contribution in [2.45, 2.75) is 26.3 Å². The minimum absolute atomic E-state index is 0.0556. The average Bonchev–Trinajstić information content (AvgIpc) is 3.23. The Kier molecular flexibility index (Phi) is 5.74. The number of piperidine rings is 1. The van der Waals surface area contributed by atoms with Crippen molar-refractivity contribution in [1.29, 1.82) is 0 Å². The highest BCUT2D eigenvalue weighted by molar-refractivity contribution is 5.79. The number of hydrogen-bond acceptors (Lipinski definition) is 6. The Morgan fingerprint density at radius 3 is 2.80 bits per heavy atom. The molecule has 0 bridgehead atoms. The van der Waals surface area contributed by atoms with Crippen LogP contribution >= 0.6 is 0 Å². The number of amides is 1. The molecule has 8 heteroatoms. The van der Waals surface area contributed by atoms with E-state index < -0.39 is 0 Å². The van der Waals surface area contributed by atoms with Gasteiger partial charge in [-0.2, -0.15) is 0 Å². The molecule has 3 heterocycles. The molecule has 1 saturated heterocycles. The Morgan fingerprint density at radius 1 is 1.17 bits per heavy atom. The van der Waals surface area contributed by atoms with Crippen molar-refractivity contribution in [2.24, 2.45) is 5.92 Å². The van der Waals surface area contributed by atoms with Gasteiger partial charge in [-0.05, 0) is 49.6 Å². The maximum atomic E-state index is 12.9. The van der Waals surface area contributed by atoms with E-state index in [9.17, 15) is 4.79 Å². The Balaban J connectivity index is 1.42. The number of hydrogen-bond donors (Lipinski definition) is 1. The van der Waals surface area contributed by atoms with Crippen LogP contribution in [0.4, 0.5) is 5.95 Å². The molecule has 3 aromatic rings. The first-order chi connectivity index (χ1) is 14.6. The molecule has 4 rings (SSSR count). The SMILES string of the molecule is COc1ccc(CNC(=O)[C@@H]2CCCN(c3nnc4cccc(C)n34)C2)cc1OC. The van der Waals surface area contributed by atoms with Crippen LogP contribution in [0.25, 0.3) is 5.65 Å². The molecule has 1 aliphatic rings. The predicted molar refractivity (Wildman–Crippen MR) is 114 cm³/mol. The lowest BCUT2D eigenvalue weighted by Crippen LogP contribution is -2.43. The van der Waals surface area contributed by atoms with Gasteiger partial charge in [0.2, 0.25) is 11.9 Å². The quantitative estimate of drug-likeness (QED) is 0.674. The van der Waals surface area contributed by atoms with Crippen molar-refractivity contribution < 1.29 is 14.3 Å². The number of nitrogens with one attached hydrogen (secondary N) is 1. The van der Waals surface area contributed by atoms with E-state index in [0.29, 0.717) is 24.6 Å². The maximum Gasteiger partial charge on any atom is 0.231 e. The molecule has 1 fully saturated rings. The fraction of sp³-hybridized carbons (Fsp3) is 0.409. The smallest absolute Gasteiger partial charge is 0.231 e. The number of carbonyl (C=O) groups is 1. The van der Waals surface area contributed by atoms with Crippen molar-refractivity contribution in [3.63, 3.8) is 0 Å². The Morgan fingerprint density at radius 2 is 2.00 bits per heavy atom. The van der Waals surface area contributed by atoms with Gasteiger partial charge >= 0.3 is 0 Å². The number of methoxy groups -OCH3 is 2. The van der Waals surface area contributed by atoms with Crippen LogP contribution in [0.2, 0.25) is 0 Å². The third-order valence-electron chi connectivity index (χ3n) is 5.60. The predicted octanol–water partition coefficient (Wildman–Crippen LogP) is 2.59. The molecule has 1 aromatic carbocycles. The number of benzene rings is 1. The zero-order valence-corrected chi connectivity index (χ0v) is 17.6. The van der Waals surface area contributed by atoms with Gasteiger partial charge < -0.3 is 19.7 Å². The van der Waals surface area contributed by atoms with Crippen LogP contribution in [0.1, 0.15) is 24.1 Å². The molecule has 0 radical (unpaired) electrons. The zero-order valence-electron chi connectivity index (χ0n) is 17.6. The highest BCUT2D eigenvalue weighted by Gasteiger charge is 2.28. The third kappa shape index (κ3) is 3.90. The van der Waals surface area contributed by atoms with Crippen molar-refractivity contribution in [2.75, 3.05) is 32.2 Å². The molecule has 1 amide bonds. The summed E-state index contributed by atoms with van der Waals surface area (Å²) in [5, 5.41) is 11.7. The minimum atomic E-state index is -0.0877. The monoisotopic (exact) mass is 409 g/mol. The van der Waals surface area contributed by atoms with E-state index in [0.717, 1.165) is 42.2 Å². The second-order valence-electron chi connectivity index (χ2n) is 7.55. The number of anilines is 1. The lowest BCUT2D eigenvalue weighted by Gasteiger charge is -2.32. The molecule has 1 N–H and O–H groups in total. The van der Waals surface area contributed by atoms with E-state index in [4.69, 9.17) is 9.47 Å². The molecule has 158 valence electrons. The summed E-state index contributed by atoms with van der Waals surface area (Å²) >= 11 is 0. The summed E-state index contributed by atoms with van der Waals surface area (Å²) < 4.78 is 12.7. The van der Waals surface area contributed by atoms with Crippen LogP contribution in [0, 0.1) is 12.8 Å². The van der Waals surface area contributed by atoms with Crippen LogP contribution < -0.4 is 19.7 Å². The van der Waals surface area contributed by atoms with Gasteiger partial charge in [-0.15, -0.1) is 10.2 Å². The van der Waals surface area contributed by atoms with Crippen molar-refractivity contribution in [1.82, 2.24) is 19.9 Å². The Hall–Kier alpha value is -3.29. The summed E-state index contributed by atoms with van der Waals surface area (Å²) in [5.74, 6) is 2.10. The summed E-state index contributed by atoms with van der Waals surface area (Å²) in [6, 6.07) is 11.6. The topological polar surface area (TPSA) is 81.0 Å². The normalized spacial score (nSPS) is 16.5. The highest BCUT2D eigenvalue weighted by Crippen LogP contribution is 2.28. The molecular formula is C22H27N5O3. The van der Waals surface area contributed by atoms with Gasteiger partial charge in [0.1, 0.15) is 0 Å². The molecule has 0 spiro atoms. The summed E-state index contributed by atoms with van der Waals surface area (Å²) in [7, 11) is 3.21. The van der Waals surface area contributed by atoms with Crippen molar-refractivity contribution in [3.05, 3.63) is 47.7 Å². The van der Waals surface area contributed by atoms with E-state index in [1.165, 1.54) is 0 Å². The van der Waals surface area contributed by atoms with Gasteiger partial charge in [-0.1, -0.05) is 12.1 Å². The Bertz CT molecular complexity index is 1050. The van der Waals surface area contributed by atoms with Gasteiger partial charge in [-0.25, -0.2) is 0 Å². The molecule has 8 nitrogen and oxygen atoms in total. The second-order valence-corrected chi connectivity index (χ2v) is 7.55. The summed E-state index contributed by atoms with van der Waals surface area (Å²) in [6.45, 7) is 3.99. The van der Waals surface area contributed by atoms with Crippen molar-refractivity contribution >= 4 is 17.5 Å². The fourth-order valence-corrected chi connectivity index (χ4v) is 3.98. The van der Waals surface area contributed by atoms with Gasteiger partial charge in [-0.3, -0.25) is 9.20 Å². The molecule has 0 saturated carbocycles. The molecule has 1 atom stereocenters. The number of fused-ring (bicyclic) bond motifs is 1. The number of carbonyl (C=O) groups excluding carboxylic acids is 1. The van der Waals surface area contributed by atoms with Crippen LogP contribution in [0.3, 0.4) is 0 Å². The number of aromatic nitrogens is 3. The van der Waals surface area contributed by atoms with Gasteiger partial charge in [0.05, 0.1) is 20.1 Å². The molecule has 2 aromatic heterocycles. The molecule has 1 aliphatic heterocycles. The lowest BCUT2D eigenvalue weighted by molar-refractivity contribution is -0.125. The van der Waals surface area contributed by atoms with Gasteiger partial charge in [0.15, 0.2) is 17.1 Å². The first kappa shape index (κ1) is 20.0. The second kappa shape index (κ2) is 8.61. The summed E-state index contributed by atoms with van der Waals surface area (Å²) in [5.41, 5.74) is 2.87. The Labute approximate surface area is 175 Å². The van der Waals surface area contributed by atoms with E-state index in [1.807, 2.05) is 47.7 Å². The molecule has 0 aliphatic carbocycles. The van der Waals surface area contributed by atoms with Crippen LogP contribution in [0.15, 0.2) is 36.4 Å². The first-order valence-corrected chi connectivity index (χ1v) is 10.1. The largest absolute Gasteiger partial charge is 0.493 e. The molecular weight excluding hydrogens is 382 g/mol. The molecule has 0 unspecified atom stereocenters. The standard InChI is InChI=1S/C22H27N5O3/c1-15-6-4-8-20-24-25-22(27(15)20)26-11-5-7-17(14-26)21(28)23-13-16-9-10-18(29-2)19(12-16)30-3/h4,6,8-10,12,17H,5,7,11,13-14H2,1-3H3,(H,23,28)/t17-/m1/s1. The van der Waals surface area contributed by atoms with Crippen LogP contribution in [-0.2, 0) is 11.3 Å².